The summed E-state index contributed by atoms with van der Waals surface area (Å²) in [7, 11) is 2.19. The number of aromatic nitrogens is 2. The molecule has 2 aromatic carbocycles. The quantitative estimate of drug-likeness (QED) is 0.704. The van der Waals surface area contributed by atoms with Crippen LogP contribution >= 0.6 is 0 Å². The lowest BCUT2D eigenvalue weighted by molar-refractivity contribution is 0.0762. The summed E-state index contributed by atoms with van der Waals surface area (Å²) < 4.78 is 0. The number of aromatic amines is 1. The Balaban J connectivity index is 1.34. The summed E-state index contributed by atoms with van der Waals surface area (Å²) in [6.07, 6.45) is 0. The van der Waals surface area contributed by atoms with Gasteiger partial charge in [-0.05, 0) is 61.3 Å². The molecule has 2 aliphatic heterocycles. The van der Waals surface area contributed by atoms with E-state index in [2.05, 4.69) is 53.3 Å². The van der Waals surface area contributed by atoms with Crippen molar-refractivity contribution in [2.45, 2.75) is 13.0 Å². The van der Waals surface area contributed by atoms with Gasteiger partial charge >= 0.3 is 0 Å². The second kappa shape index (κ2) is 7.29. The van der Waals surface area contributed by atoms with Gasteiger partial charge < -0.3 is 10.0 Å². The molecule has 3 aromatic rings. The van der Waals surface area contributed by atoms with E-state index in [0.29, 0.717) is 29.3 Å². The fraction of sp³-hybridized carbons (Fsp3) is 0.333. The average molecular weight is 402 g/mol. The Bertz CT molecular complexity index is 1070. The number of H-pyrrole nitrogens is 1. The topological polar surface area (TPSA) is 72.5 Å². The van der Waals surface area contributed by atoms with Gasteiger partial charge in [-0.15, -0.1) is 0 Å². The van der Waals surface area contributed by atoms with Gasteiger partial charge in [-0.1, -0.05) is 24.3 Å². The molecule has 2 aliphatic rings. The minimum atomic E-state index is 0.00751. The molecule has 0 aliphatic carbocycles. The van der Waals surface area contributed by atoms with Gasteiger partial charge in [-0.3, -0.25) is 14.8 Å². The minimum Gasteiger partial charge on any atom is -0.508 e. The van der Waals surface area contributed by atoms with Gasteiger partial charge in [0, 0.05) is 37.2 Å². The molecule has 6 heteroatoms. The Hall–Kier alpha value is -3.12. The molecule has 0 bridgehead atoms. The predicted molar refractivity (Wildman–Crippen MR) is 115 cm³/mol. The van der Waals surface area contributed by atoms with Gasteiger partial charge in [0.2, 0.25) is 0 Å². The molecular weight excluding hydrogens is 376 g/mol. The van der Waals surface area contributed by atoms with E-state index in [1.165, 1.54) is 11.1 Å². The van der Waals surface area contributed by atoms with E-state index in [1.54, 1.807) is 30.3 Å². The highest BCUT2D eigenvalue weighted by molar-refractivity contribution is 5.93. The molecule has 6 nitrogen and oxygen atoms in total. The third-order valence-corrected chi connectivity index (χ3v) is 6.66. The van der Waals surface area contributed by atoms with Crippen LogP contribution in [0.25, 0.3) is 11.3 Å². The van der Waals surface area contributed by atoms with E-state index >= 15 is 0 Å². The number of carbonyl (C=O) groups is 1. The molecule has 2 fully saturated rings. The monoisotopic (exact) mass is 402 g/mol. The normalized spacial score (nSPS) is 23.7. The first-order chi connectivity index (χ1) is 14.5. The van der Waals surface area contributed by atoms with Gasteiger partial charge in [0.05, 0.1) is 5.69 Å². The highest BCUT2D eigenvalue weighted by Crippen LogP contribution is 2.45. The lowest BCUT2D eigenvalue weighted by Crippen LogP contribution is -2.33. The zero-order valence-corrected chi connectivity index (χ0v) is 17.2. The number of amides is 1. The number of nitrogens with zero attached hydrogens (tertiary/aromatic N) is 3. The summed E-state index contributed by atoms with van der Waals surface area (Å²) in [6.45, 7) is 4.73. The molecule has 5 rings (SSSR count). The van der Waals surface area contributed by atoms with Gasteiger partial charge in [0.25, 0.3) is 5.91 Å². The van der Waals surface area contributed by atoms with Crippen LogP contribution in [0.1, 0.15) is 27.7 Å². The first-order valence-electron chi connectivity index (χ1n) is 10.4. The summed E-state index contributed by atoms with van der Waals surface area (Å²) in [5.74, 6) is 1.15. The van der Waals surface area contributed by atoms with Crippen LogP contribution in [0, 0.1) is 18.8 Å². The summed E-state index contributed by atoms with van der Waals surface area (Å²) in [5, 5.41) is 16.7. The molecule has 2 saturated heterocycles. The Morgan fingerprint density at radius 1 is 1.10 bits per heavy atom. The maximum atomic E-state index is 13.2. The Morgan fingerprint density at radius 2 is 1.87 bits per heavy atom. The lowest BCUT2D eigenvalue weighted by atomic mass is 9.88. The predicted octanol–water partition coefficient (Wildman–Crippen LogP) is 3.47. The van der Waals surface area contributed by atoms with Crippen LogP contribution in [0.15, 0.2) is 54.6 Å². The molecule has 0 saturated carbocycles. The number of carbonyl (C=O) groups excluding carboxylic acids is 1. The van der Waals surface area contributed by atoms with Crippen LogP contribution in [0.5, 0.6) is 5.75 Å². The number of benzene rings is 2. The molecule has 154 valence electrons. The second-order valence-electron chi connectivity index (χ2n) is 8.59. The SMILES string of the molecule is Cc1ccccc1[C@H]1[C@@H]2CN(C(=O)c3cc(-c4ccc(O)cc4)n[nH]3)C[C@@H]2CN1C. The minimum absolute atomic E-state index is 0.00751. The number of rotatable bonds is 3. The average Bonchev–Trinajstić information content (AvgIpc) is 3.44. The second-order valence-corrected chi connectivity index (χ2v) is 8.59. The van der Waals surface area contributed by atoms with Crippen molar-refractivity contribution >= 4 is 5.91 Å². The van der Waals surface area contributed by atoms with Crippen molar-refractivity contribution in [3.05, 3.63) is 71.4 Å². The smallest absolute Gasteiger partial charge is 0.271 e. The van der Waals surface area contributed by atoms with Crippen molar-refractivity contribution in [2.75, 3.05) is 26.7 Å². The lowest BCUT2D eigenvalue weighted by Gasteiger charge is -2.28. The highest BCUT2D eigenvalue weighted by atomic mass is 16.3. The zero-order valence-electron chi connectivity index (χ0n) is 17.2. The van der Waals surface area contributed by atoms with E-state index < -0.39 is 0 Å². The largest absolute Gasteiger partial charge is 0.508 e. The number of nitrogens with one attached hydrogen (secondary N) is 1. The zero-order chi connectivity index (χ0) is 20.8. The van der Waals surface area contributed by atoms with E-state index in [9.17, 15) is 9.90 Å². The van der Waals surface area contributed by atoms with Crippen LogP contribution < -0.4 is 0 Å². The van der Waals surface area contributed by atoms with Crippen LogP contribution in [0.4, 0.5) is 0 Å². The molecule has 2 N–H and O–H groups in total. The van der Waals surface area contributed by atoms with Gasteiger partial charge in [-0.2, -0.15) is 5.10 Å². The van der Waals surface area contributed by atoms with Crippen molar-refractivity contribution in [1.82, 2.24) is 20.0 Å². The molecule has 3 atom stereocenters. The first-order valence-corrected chi connectivity index (χ1v) is 10.4. The Labute approximate surface area is 176 Å². The maximum Gasteiger partial charge on any atom is 0.271 e. The fourth-order valence-electron chi connectivity index (χ4n) is 5.19. The van der Waals surface area contributed by atoms with E-state index in [4.69, 9.17) is 0 Å². The van der Waals surface area contributed by atoms with Crippen molar-refractivity contribution in [2.24, 2.45) is 11.8 Å². The number of aryl methyl sites for hydroxylation is 1. The highest BCUT2D eigenvalue weighted by Gasteiger charge is 2.47. The number of aromatic hydroxyl groups is 1. The van der Waals surface area contributed by atoms with E-state index in [-0.39, 0.29) is 11.7 Å². The first kappa shape index (κ1) is 18.9. The van der Waals surface area contributed by atoms with Gasteiger partial charge in [-0.25, -0.2) is 0 Å². The van der Waals surface area contributed by atoms with Crippen molar-refractivity contribution < 1.29 is 9.90 Å². The van der Waals surface area contributed by atoms with Gasteiger partial charge in [0.15, 0.2) is 0 Å². The molecule has 3 heterocycles. The molecule has 0 unspecified atom stereocenters. The third-order valence-electron chi connectivity index (χ3n) is 6.66. The van der Waals surface area contributed by atoms with Crippen molar-refractivity contribution in [1.29, 1.82) is 0 Å². The number of fused-ring (bicyclic) bond motifs is 1. The summed E-state index contributed by atoms with van der Waals surface area (Å²) in [5.41, 5.74) is 4.77. The van der Waals surface area contributed by atoms with Crippen LogP contribution in [0.2, 0.25) is 0 Å². The number of phenolic OH excluding ortho intramolecular Hbond substituents is 1. The maximum absolute atomic E-state index is 13.2. The van der Waals surface area contributed by atoms with Crippen molar-refractivity contribution in [3.63, 3.8) is 0 Å². The Morgan fingerprint density at radius 3 is 2.63 bits per heavy atom. The third kappa shape index (κ3) is 3.17. The summed E-state index contributed by atoms with van der Waals surface area (Å²) >= 11 is 0. The Kier molecular flexibility index (Phi) is 4.59. The molecule has 30 heavy (non-hydrogen) atoms. The van der Waals surface area contributed by atoms with Crippen LogP contribution in [0.3, 0.4) is 0 Å². The molecule has 1 aromatic heterocycles. The molecule has 1 amide bonds. The number of likely N-dealkylation sites (tertiary alicyclic amines) is 2. The fourth-order valence-corrected chi connectivity index (χ4v) is 5.19. The van der Waals surface area contributed by atoms with Crippen LogP contribution in [-0.4, -0.2) is 57.7 Å². The summed E-state index contributed by atoms with van der Waals surface area (Å²) in [4.78, 5) is 17.6. The molecule has 0 radical (unpaired) electrons. The van der Waals surface area contributed by atoms with Crippen molar-refractivity contribution in [3.8, 4) is 17.0 Å². The van der Waals surface area contributed by atoms with E-state index in [1.807, 2.05) is 4.90 Å². The van der Waals surface area contributed by atoms with Crippen LogP contribution in [-0.2, 0) is 0 Å². The number of hydrogen-bond donors (Lipinski definition) is 2. The molecule has 0 spiro atoms. The summed E-state index contributed by atoms with van der Waals surface area (Å²) in [6, 6.07) is 17.6. The molecular formula is C24H26N4O2. The van der Waals surface area contributed by atoms with E-state index in [0.717, 1.165) is 25.2 Å². The standard InChI is InChI=1S/C24H26N4O2/c1-15-5-3-4-6-19(15)23-20-14-28(13-17(20)12-27(23)2)24(30)22-11-21(25-26-22)16-7-9-18(29)10-8-16/h3-11,17,20,23,29H,12-14H2,1-2H3,(H,25,26)/t17-,20+,23-/m0/s1. The number of phenols is 1. The number of hydrogen-bond acceptors (Lipinski definition) is 4. The van der Waals surface area contributed by atoms with Gasteiger partial charge in [0.1, 0.15) is 11.4 Å².